The standard InChI is InChI=1S/C11H16ClN3O2/c1-11(2)7-13-5-8(17-11)6-16-10-4-3-9(12)14-15-10/h3-4,8,13H,5-7H2,1-2H3. The van der Waals surface area contributed by atoms with Gasteiger partial charge in [0.15, 0.2) is 5.15 Å². The Morgan fingerprint density at radius 2 is 2.35 bits per heavy atom. The summed E-state index contributed by atoms with van der Waals surface area (Å²) in [6.07, 6.45) is 0.0243. The molecule has 0 amide bonds. The summed E-state index contributed by atoms with van der Waals surface area (Å²) in [5, 5.41) is 11.2. The summed E-state index contributed by atoms with van der Waals surface area (Å²) in [7, 11) is 0. The van der Waals surface area contributed by atoms with Gasteiger partial charge < -0.3 is 14.8 Å². The molecule has 5 nitrogen and oxygen atoms in total. The first-order chi connectivity index (χ1) is 8.05. The zero-order valence-corrected chi connectivity index (χ0v) is 10.7. The van der Waals surface area contributed by atoms with E-state index in [0.29, 0.717) is 17.6 Å². The van der Waals surface area contributed by atoms with E-state index >= 15 is 0 Å². The highest BCUT2D eigenvalue weighted by molar-refractivity contribution is 6.29. The van der Waals surface area contributed by atoms with Crippen LogP contribution in [0.3, 0.4) is 0 Å². The summed E-state index contributed by atoms with van der Waals surface area (Å²) in [4.78, 5) is 0. The third kappa shape index (κ3) is 3.80. The molecule has 1 aliphatic rings. The van der Waals surface area contributed by atoms with Crippen LogP contribution in [0.15, 0.2) is 12.1 Å². The van der Waals surface area contributed by atoms with Crippen molar-refractivity contribution in [3.8, 4) is 5.88 Å². The minimum atomic E-state index is -0.155. The van der Waals surface area contributed by atoms with Gasteiger partial charge in [0.25, 0.3) is 0 Å². The van der Waals surface area contributed by atoms with Crippen molar-refractivity contribution >= 4 is 11.6 Å². The number of morpholine rings is 1. The minimum absolute atomic E-state index is 0.0243. The van der Waals surface area contributed by atoms with Crippen LogP contribution in [-0.2, 0) is 4.74 Å². The molecular formula is C11H16ClN3O2. The number of aromatic nitrogens is 2. The molecule has 0 bridgehead atoms. The molecule has 17 heavy (non-hydrogen) atoms. The molecule has 0 aliphatic carbocycles. The van der Waals surface area contributed by atoms with E-state index in [1.54, 1.807) is 12.1 Å². The van der Waals surface area contributed by atoms with Crippen LogP contribution < -0.4 is 10.1 Å². The summed E-state index contributed by atoms with van der Waals surface area (Å²) in [5.74, 6) is 0.460. The van der Waals surface area contributed by atoms with Gasteiger partial charge in [0, 0.05) is 19.2 Å². The molecule has 0 saturated carbocycles. The van der Waals surface area contributed by atoms with E-state index in [4.69, 9.17) is 21.1 Å². The van der Waals surface area contributed by atoms with E-state index in [1.165, 1.54) is 0 Å². The summed E-state index contributed by atoms with van der Waals surface area (Å²) >= 11 is 5.63. The predicted octanol–water partition coefficient (Wildman–Crippen LogP) is 1.28. The second kappa shape index (κ2) is 5.16. The fourth-order valence-electron chi connectivity index (χ4n) is 1.72. The van der Waals surface area contributed by atoms with Gasteiger partial charge in [-0.3, -0.25) is 0 Å². The van der Waals surface area contributed by atoms with Crippen LogP contribution >= 0.6 is 11.6 Å². The van der Waals surface area contributed by atoms with Gasteiger partial charge in [-0.25, -0.2) is 0 Å². The van der Waals surface area contributed by atoms with Crippen LogP contribution in [0.1, 0.15) is 13.8 Å². The molecule has 1 N–H and O–H groups in total. The van der Waals surface area contributed by atoms with Gasteiger partial charge in [-0.1, -0.05) is 11.6 Å². The molecule has 94 valence electrons. The van der Waals surface area contributed by atoms with Gasteiger partial charge in [0.2, 0.25) is 5.88 Å². The van der Waals surface area contributed by atoms with Gasteiger partial charge in [0.1, 0.15) is 12.7 Å². The number of hydrogen-bond donors (Lipinski definition) is 1. The van der Waals surface area contributed by atoms with Crippen LogP contribution in [0, 0.1) is 0 Å². The SMILES string of the molecule is CC1(C)CNCC(COc2ccc(Cl)nn2)O1. The van der Waals surface area contributed by atoms with Crippen LogP contribution in [0.25, 0.3) is 0 Å². The maximum absolute atomic E-state index is 5.86. The first-order valence-electron chi connectivity index (χ1n) is 5.56. The minimum Gasteiger partial charge on any atom is -0.474 e. The molecule has 0 spiro atoms. The molecule has 2 rings (SSSR count). The number of hydrogen-bond acceptors (Lipinski definition) is 5. The molecule has 1 aromatic rings. The van der Waals surface area contributed by atoms with Crippen LogP contribution in [0.5, 0.6) is 5.88 Å². The Morgan fingerprint density at radius 3 is 3.00 bits per heavy atom. The van der Waals surface area contributed by atoms with Crippen LogP contribution in [0.4, 0.5) is 0 Å². The normalized spacial score (nSPS) is 23.4. The second-order valence-corrected chi connectivity index (χ2v) is 5.02. The fraction of sp³-hybridized carbons (Fsp3) is 0.636. The number of nitrogens with zero attached hydrogens (tertiary/aromatic N) is 2. The lowest BCUT2D eigenvalue weighted by Gasteiger charge is -2.36. The smallest absolute Gasteiger partial charge is 0.233 e. The van der Waals surface area contributed by atoms with Crippen molar-refractivity contribution in [1.29, 1.82) is 0 Å². The highest BCUT2D eigenvalue weighted by atomic mass is 35.5. The first-order valence-corrected chi connectivity index (χ1v) is 5.93. The van der Waals surface area contributed by atoms with E-state index in [-0.39, 0.29) is 11.7 Å². The van der Waals surface area contributed by atoms with Crippen molar-refractivity contribution in [3.05, 3.63) is 17.3 Å². The number of ether oxygens (including phenoxy) is 2. The molecule has 1 unspecified atom stereocenters. The van der Waals surface area contributed by atoms with Gasteiger partial charge in [0.05, 0.1) is 5.60 Å². The van der Waals surface area contributed by atoms with Crippen molar-refractivity contribution in [1.82, 2.24) is 15.5 Å². The van der Waals surface area contributed by atoms with E-state index in [2.05, 4.69) is 15.5 Å². The molecule has 1 saturated heterocycles. The highest BCUT2D eigenvalue weighted by Crippen LogP contribution is 2.16. The van der Waals surface area contributed by atoms with E-state index in [0.717, 1.165) is 13.1 Å². The lowest BCUT2D eigenvalue weighted by atomic mass is 10.1. The average Bonchev–Trinajstić information content (AvgIpc) is 2.27. The zero-order valence-electron chi connectivity index (χ0n) is 9.94. The first kappa shape index (κ1) is 12.5. The van der Waals surface area contributed by atoms with Crippen LogP contribution in [-0.4, -0.2) is 41.6 Å². The molecule has 1 atom stereocenters. The molecule has 0 aromatic carbocycles. The summed E-state index contributed by atoms with van der Waals surface area (Å²) in [5.41, 5.74) is -0.155. The molecule has 0 radical (unpaired) electrons. The Hall–Kier alpha value is -0.910. The van der Waals surface area contributed by atoms with Crippen molar-refractivity contribution in [2.45, 2.75) is 25.6 Å². The third-order valence-corrected chi connectivity index (χ3v) is 2.63. The van der Waals surface area contributed by atoms with Gasteiger partial charge in [-0.05, 0) is 19.9 Å². The van der Waals surface area contributed by atoms with Gasteiger partial charge in [-0.15, -0.1) is 10.2 Å². The summed E-state index contributed by atoms with van der Waals surface area (Å²) in [6, 6.07) is 3.34. The number of halogens is 1. The molecule has 1 aromatic heterocycles. The topological polar surface area (TPSA) is 56.3 Å². The average molecular weight is 258 g/mol. The summed E-state index contributed by atoms with van der Waals surface area (Å²) in [6.45, 7) is 6.18. The van der Waals surface area contributed by atoms with Gasteiger partial charge >= 0.3 is 0 Å². The van der Waals surface area contributed by atoms with Crippen molar-refractivity contribution < 1.29 is 9.47 Å². The molecule has 6 heteroatoms. The van der Waals surface area contributed by atoms with Crippen LogP contribution in [0.2, 0.25) is 5.15 Å². The van der Waals surface area contributed by atoms with Crippen molar-refractivity contribution in [2.24, 2.45) is 0 Å². The Morgan fingerprint density at radius 1 is 1.53 bits per heavy atom. The van der Waals surface area contributed by atoms with Gasteiger partial charge in [-0.2, -0.15) is 0 Å². The number of nitrogens with one attached hydrogen (secondary N) is 1. The van der Waals surface area contributed by atoms with E-state index in [9.17, 15) is 0 Å². The monoisotopic (exact) mass is 257 g/mol. The Kier molecular flexibility index (Phi) is 3.81. The second-order valence-electron chi connectivity index (χ2n) is 4.64. The lowest BCUT2D eigenvalue weighted by molar-refractivity contribution is -0.107. The molecule has 2 heterocycles. The van der Waals surface area contributed by atoms with E-state index < -0.39 is 0 Å². The lowest BCUT2D eigenvalue weighted by Crippen LogP contribution is -2.52. The third-order valence-electron chi connectivity index (χ3n) is 2.43. The largest absolute Gasteiger partial charge is 0.474 e. The predicted molar refractivity (Wildman–Crippen MR) is 64.4 cm³/mol. The zero-order chi connectivity index (χ0) is 12.3. The Balaban J connectivity index is 1.84. The molecular weight excluding hydrogens is 242 g/mol. The Labute approximate surface area is 105 Å². The summed E-state index contributed by atoms with van der Waals surface area (Å²) < 4.78 is 11.4. The maximum atomic E-state index is 5.86. The highest BCUT2D eigenvalue weighted by Gasteiger charge is 2.28. The quantitative estimate of drug-likeness (QED) is 0.884. The van der Waals surface area contributed by atoms with E-state index in [1.807, 2.05) is 13.8 Å². The number of rotatable bonds is 3. The fourth-order valence-corrected chi connectivity index (χ4v) is 1.82. The molecule has 1 fully saturated rings. The van der Waals surface area contributed by atoms with Crippen molar-refractivity contribution in [3.63, 3.8) is 0 Å². The maximum Gasteiger partial charge on any atom is 0.233 e. The van der Waals surface area contributed by atoms with Crippen molar-refractivity contribution in [2.75, 3.05) is 19.7 Å². The Bertz CT molecular complexity index is 369. The molecule has 1 aliphatic heterocycles.